The van der Waals surface area contributed by atoms with Gasteiger partial charge >= 0.3 is 0 Å². The molecule has 23 heavy (non-hydrogen) atoms. The molecule has 4 nitrogen and oxygen atoms in total. The van der Waals surface area contributed by atoms with Crippen LogP contribution in [-0.4, -0.2) is 24.0 Å². The van der Waals surface area contributed by atoms with Gasteiger partial charge in [-0.25, -0.2) is 4.98 Å². The summed E-state index contributed by atoms with van der Waals surface area (Å²) in [4.78, 5) is 19.1. The first-order valence-electron chi connectivity index (χ1n) is 8.18. The van der Waals surface area contributed by atoms with E-state index in [-0.39, 0.29) is 5.91 Å². The highest BCUT2D eigenvalue weighted by Gasteiger charge is 2.21. The van der Waals surface area contributed by atoms with E-state index in [2.05, 4.69) is 22.1 Å². The summed E-state index contributed by atoms with van der Waals surface area (Å²) in [6.07, 6.45) is 1.22. The van der Waals surface area contributed by atoms with Crippen molar-refractivity contribution >= 4 is 11.6 Å². The van der Waals surface area contributed by atoms with Crippen molar-refractivity contribution in [1.29, 1.82) is 0 Å². The molecular formula is C19H23N3O. The summed E-state index contributed by atoms with van der Waals surface area (Å²) in [5, 5.41) is 2.92. The second-order valence-electron chi connectivity index (χ2n) is 6.31. The van der Waals surface area contributed by atoms with Crippen LogP contribution in [0.15, 0.2) is 42.5 Å². The van der Waals surface area contributed by atoms with Gasteiger partial charge in [-0.1, -0.05) is 37.3 Å². The number of nitrogens with one attached hydrogen (secondary N) is 1. The van der Waals surface area contributed by atoms with E-state index in [0.717, 1.165) is 36.0 Å². The zero-order chi connectivity index (χ0) is 16.2. The van der Waals surface area contributed by atoms with Crippen LogP contribution in [0.5, 0.6) is 0 Å². The molecule has 4 heteroatoms. The lowest BCUT2D eigenvalue weighted by molar-refractivity contribution is 0.0945. The van der Waals surface area contributed by atoms with Gasteiger partial charge in [0.1, 0.15) is 5.69 Å². The average molecular weight is 309 g/mol. The van der Waals surface area contributed by atoms with Crippen molar-refractivity contribution < 1.29 is 4.79 Å². The molecule has 1 aromatic heterocycles. The van der Waals surface area contributed by atoms with Gasteiger partial charge in [0.25, 0.3) is 5.91 Å². The molecule has 0 bridgehead atoms. The highest BCUT2D eigenvalue weighted by Crippen LogP contribution is 2.25. The SMILES string of the molecule is Cc1nc(C(=O)NCc2ccccc2)ccc1N1CCC(C)C1. The summed E-state index contributed by atoms with van der Waals surface area (Å²) < 4.78 is 0. The molecule has 1 amide bonds. The number of rotatable bonds is 4. The van der Waals surface area contributed by atoms with Crippen LogP contribution in [0.3, 0.4) is 0 Å². The number of amides is 1. The van der Waals surface area contributed by atoms with Crippen molar-refractivity contribution in [2.24, 2.45) is 5.92 Å². The Hall–Kier alpha value is -2.36. The highest BCUT2D eigenvalue weighted by atomic mass is 16.1. The molecular weight excluding hydrogens is 286 g/mol. The molecule has 2 aromatic rings. The second-order valence-corrected chi connectivity index (χ2v) is 6.31. The minimum Gasteiger partial charge on any atom is -0.370 e. The van der Waals surface area contributed by atoms with Gasteiger partial charge in [-0.05, 0) is 37.0 Å². The Morgan fingerprint density at radius 3 is 2.70 bits per heavy atom. The Labute approximate surface area is 137 Å². The van der Waals surface area contributed by atoms with Gasteiger partial charge in [0.15, 0.2) is 0 Å². The lowest BCUT2D eigenvalue weighted by Crippen LogP contribution is -2.25. The van der Waals surface area contributed by atoms with Gasteiger partial charge in [0.05, 0.1) is 11.4 Å². The predicted octanol–water partition coefficient (Wildman–Crippen LogP) is 3.17. The Kier molecular flexibility index (Phi) is 4.60. The Morgan fingerprint density at radius 1 is 1.26 bits per heavy atom. The smallest absolute Gasteiger partial charge is 0.270 e. The molecule has 3 rings (SSSR count). The van der Waals surface area contributed by atoms with Crippen molar-refractivity contribution in [2.45, 2.75) is 26.8 Å². The van der Waals surface area contributed by atoms with Crippen LogP contribution in [0.1, 0.15) is 35.1 Å². The fraction of sp³-hybridized carbons (Fsp3) is 0.368. The van der Waals surface area contributed by atoms with Gasteiger partial charge < -0.3 is 10.2 Å². The first kappa shape index (κ1) is 15.5. The van der Waals surface area contributed by atoms with Gasteiger partial charge in [-0.2, -0.15) is 0 Å². The van der Waals surface area contributed by atoms with Crippen LogP contribution >= 0.6 is 0 Å². The van der Waals surface area contributed by atoms with Crippen molar-refractivity contribution in [2.75, 3.05) is 18.0 Å². The van der Waals surface area contributed by atoms with Crippen LogP contribution in [0, 0.1) is 12.8 Å². The molecule has 1 saturated heterocycles. The van der Waals surface area contributed by atoms with E-state index in [4.69, 9.17) is 0 Å². The maximum absolute atomic E-state index is 12.3. The molecule has 1 unspecified atom stereocenters. The summed E-state index contributed by atoms with van der Waals surface area (Å²) in [5.74, 6) is 0.599. The van der Waals surface area contributed by atoms with Crippen LogP contribution in [0.4, 0.5) is 5.69 Å². The second kappa shape index (κ2) is 6.82. The molecule has 1 aromatic carbocycles. The highest BCUT2D eigenvalue weighted by molar-refractivity contribution is 5.92. The first-order valence-corrected chi connectivity index (χ1v) is 8.18. The monoisotopic (exact) mass is 309 g/mol. The molecule has 1 N–H and O–H groups in total. The van der Waals surface area contributed by atoms with Gasteiger partial charge in [0, 0.05) is 19.6 Å². The summed E-state index contributed by atoms with van der Waals surface area (Å²) in [5.41, 5.74) is 3.63. The Balaban J connectivity index is 1.66. The zero-order valence-corrected chi connectivity index (χ0v) is 13.7. The fourth-order valence-corrected chi connectivity index (χ4v) is 3.04. The molecule has 2 heterocycles. The van der Waals surface area contributed by atoms with Gasteiger partial charge in [-0.15, -0.1) is 0 Å². The molecule has 0 spiro atoms. The minimum absolute atomic E-state index is 0.127. The van der Waals surface area contributed by atoms with Crippen LogP contribution in [0.2, 0.25) is 0 Å². The van der Waals surface area contributed by atoms with E-state index in [9.17, 15) is 4.79 Å². The average Bonchev–Trinajstić information content (AvgIpc) is 2.99. The molecule has 1 aliphatic rings. The number of anilines is 1. The normalized spacial score (nSPS) is 17.3. The van der Waals surface area contributed by atoms with Crippen molar-refractivity contribution in [3.63, 3.8) is 0 Å². The van der Waals surface area contributed by atoms with Crippen LogP contribution < -0.4 is 10.2 Å². The molecule has 0 saturated carbocycles. The predicted molar refractivity (Wildman–Crippen MR) is 92.6 cm³/mol. The van der Waals surface area contributed by atoms with E-state index >= 15 is 0 Å². The standard InChI is InChI=1S/C19H23N3O/c1-14-10-11-22(13-14)18-9-8-17(21-15(18)2)19(23)20-12-16-6-4-3-5-7-16/h3-9,14H,10-13H2,1-2H3,(H,20,23). The van der Waals surface area contributed by atoms with Crippen molar-refractivity contribution in [1.82, 2.24) is 10.3 Å². The summed E-state index contributed by atoms with van der Waals surface area (Å²) in [6, 6.07) is 13.7. The van der Waals surface area contributed by atoms with Gasteiger partial charge in [-0.3, -0.25) is 4.79 Å². The topological polar surface area (TPSA) is 45.2 Å². The number of aromatic nitrogens is 1. The number of nitrogens with zero attached hydrogens (tertiary/aromatic N) is 2. The molecule has 0 aliphatic carbocycles. The number of carbonyl (C=O) groups excluding carboxylic acids is 1. The van der Waals surface area contributed by atoms with Gasteiger partial charge in [0.2, 0.25) is 0 Å². The largest absolute Gasteiger partial charge is 0.370 e. The third-order valence-electron chi connectivity index (χ3n) is 4.35. The summed E-state index contributed by atoms with van der Waals surface area (Å²) in [7, 11) is 0. The molecule has 1 fully saturated rings. The number of hydrogen-bond donors (Lipinski definition) is 1. The summed E-state index contributed by atoms with van der Waals surface area (Å²) >= 11 is 0. The molecule has 1 aliphatic heterocycles. The zero-order valence-electron chi connectivity index (χ0n) is 13.7. The fourth-order valence-electron chi connectivity index (χ4n) is 3.04. The van der Waals surface area contributed by atoms with Crippen LogP contribution in [-0.2, 0) is 6.54 Å². The number of hydrogen-bond acceptors (Lipinski definition) is 3. The third kappa shape index (κ3) is 3.70. The van der Waals surface area contributed by atoms with Crippen molar-refractivity contribution in [3.05, 3.63) is 59.4 Å². The Morgan fingerprint density at radius 2 is 2.04 bits per heavy atom. The van der Waals surface area contributed by atoms with E-state index in [1.54, 1.807) is 0 Å². The number of carbonyl (C=O) groups is 1. The van der Waals surface area contributed by atoms with E-state index in [0.29, 0.717) is 12.2 Å². The lowest BCUT2D eigenvalue weighted by atomic mass is 10.2. The third-order valence-corrected chi connectivity index (χ3v) is 4.35. The maximum Gasteiger partial charge on any atom is 0.270 e. The number of pyridine rings is 1. The van der Waals surface area contributed by atoms with Crippen LogP contribution in [0.25, 0.3) is 0 Å². The first-order chi connectivity index (χ1) is 11.1. The molecule has 0 radical (unpaired) electrons. The number of aryl methyl sites for hydroxylation is 1. The molecule has 1 atom stereocenters. The quantitative estimate of drug-likeness (QED) is 0.943. The van der Waals surface area contributed by atoms with E-state index in [1.165, 1.54) is 6.42 Å². The lowest BCUT2D eigenvalue weighted by Gasteiger charge is -2.20. The van der Waals surface area contributed by atoms with E-state index in [1.807, 2.05) is 49.4 Å². The van der Waals surface area contributed by atoms with Crippen molar-refractivity contribution in [3.8, 4) is 0 Å². The Bertz CT molecular complexity index is 684. The summed E-state index contributed by atoms with van der Waals surface area (Å²) in [6.45, 7) is 6.91. The number of benzene rings is 1. The maximum atomic E-state index is 12.3. The minimum atomic E-state index is -0.127. The van der Waals surface area contributed by atoms with E-state index < -0.39 is 0 Å². The molecule has 120 valence electrons.